The Bertz CT molecular complexity index is 1300. The Hall–Kier alpha value is -4.46. The molecule has 0 saturated heterocycles. The SMILES string of the molecule is CCc1ccc(N(C(=O)c2cnccn2)C(C(=O)Nc2ccc(F)cc2)c2ccc(F)cc2)cc1. The molecule has 3 aromatic carbocycles. The van der Waals surface area contributed by atoms with Crippen molar-refractivity contribution in [1.82, 2.24) is 9.97 Å². The van der Waals surface area contributed by atoms with E-state index in [4.69, 9.17) is 0 Å². The van der Waals surface area contributed by atoms with E-state index in [0.717, 1.165) is 12.0 Å². The Labute approximate surface area is 201 Å². The predicted octanol–water partition coefficient (Wildman–Crippen LogP) is 5.34. The molecular formula is C27H22F2N4O2. The molecule has 1 aromatic heterocycles. The van der Waals surface area contributed by atoms with Crippen LogP contribution in [-0.2, 0) is 11.2 Å². The van der Waals surface area contributed by atoms with E-state index in [2.05, 4.69) is 15.3 Å². The third-order valence-corrected chi connectivity index (χ3v) is 5.43. The second kappa shape index (κ2) is 10.6. The molecule has 35 heavy (non-hydrogen) atoms. The zero-order valence-electron chi connectivity index (χ0n) is 18.9. The first-order valence-electron chi connectivity index (χ1n) is 11.0. The molecule has 0 saturated carbocycles. The third-order valence-electron chi connectivity index (χ3n) is 5.43. The molecule has 0 aliphatic carbocycles. The first-order chi connectivity index (χ1) is 17.0. The number of hydrogen-bond acceptors (Lipinski definition) is 4. The minimum atomic E-state index is -1.19. The van der Waals surface area contributed by atoms with Gasteiger partial charge in [0.05, 0.1) is 6.20 Å². The van der Waals surface area contributed by atoms with Gasteiger partial charge in [-0.25, -0.2) is 13.8 Å². The summed E-state index contributed by atoms with van der Waals surface area (Å²) in [7, 11) is 0. The zero-order valence-corrected chi connectivity index (χ0v) is 18.9. The molecule has 1 heterocycles. The van der Waals surface area contributed by atoms with Crippen LogP contribution in [0.25, 0.3) is 0 Å². The van der Waals surface area contributed by atoms with Crippen molar-refractivity contribution < 1.29 is 18.4 Å². The van der Waals surface area contributed by atoms with Gasteiger partial charge in [-0.1, -0.05) is 31.2 Å². The van der Waals surface area contributed by atoms with E-state index in [1.165, 1.54) is 72.0 Å². The van der Waals surface area contributed by atoms with Gasteiger partial charge in [0.1, 0.15) is 23.4 Å². The Morgan fingerprint density at radius 1 is 0.886 bits per heavy atom. The molecule has 1 unspecified atom stereocenters. The van der Waals surface area contributed by atoms with Crippen LogP contribution in [0.1, 0.15) is 34.6 Å². The summed E-state index contributed by atoms with van der Waals surface area (Å²) < 4.78 is 27.1. The molecule has 176 valence electrons. The maximum Gasteiger partial charge on any atom is 0.279 e. The Kier molecular flexibility index (Phi) is 7.21. The summed E-state index contributed by atoms with van der Waals surface area (Å²) in [6.45, 7) is 2.01. The number of nitrogens with zero attached hydrogens (tertiary/aromatic N) is 3. The normalized spacial score (nSPS) is 11.5. The van der Waals surface area contributed by atoms with Crippen molar-refractivity contribution in [2.24, 2.45) is 0 Å². The van der Waals surface area contributed by atoms with Gasteiger partial charge in [0.2, 0.25) is 0 Å². The van der Waals surface area contributed by atoms with Crippen LogP contribution >= 0.6 is 0 Å². The van der Waals surface area contributed by atoms with Crippen molar-refractivity contribution in [3.05, 3.63) is 120 Å². The minimum absolute atomic E-state index is 0.0359. The van der Waals surface area contributed by atoms with E-state index in [0.29, 0.717) is 16.9 Å². The summed E-state index contributed by atoms with van der Waals surface area (Å²) in [5.74, 6) is -2.06. The second-order valence-electron chi connectivity index (χ2n) is 7.74. The number of nitrogens with one attached hydrogen (secondary N) is 1. The van der Waals surface area contributed by atoms with Gasteiger partial charge in [0.15, 0.2) is 0 Å². The van der Waals surface area contributed by atoms with Gasteiger partial charge in [-0.3, -0.25) is 19.5 Å². The average Bonchev–Trinajstić information content (AvgIpc) is 2.89. The lowest BCUT2D eigenvalue weighted by Crippen LogP contribution is -2.42. The standard InChI is InChI=1S/C27H22F2N4O2/c1-2-18-3-13-23(14-4-18)33(27(35)24-17-30-15-16-31-24)25(19-5-7-20(28)8-6-19)26(34)32-22-11-9-21(29)10-12-22/h3-17,25H,2H2,1H3,(H,32,34). The number of aryl methyl sites for hydroxylation is 1. The highest BCUT2D eigenvalue weighted by Gasteiger charge is 2.34. The fourth-order valence-electron chi connectivity index (χ4n) is 3.62. The minimum Gasteiger partial charge on any atom is -0.324 e. The highest BCUT2D eigenvalue weighted by molar-refractivity contribution is 6.11. The van der Waals surface area contributed by atoms with Gasteiger partial charge in [0.25, 0.3) is 11.8 Å². The lowest BCUT2D eigenvalue weighted by atomic mass is 10.0. The second-order valence-corrected chi connectivity index (χ2v) is 7.74. The van der Waals surface area contributed by atoms with E-state index < -0.39 is 29.5 Å². The zero-order chi connectivity index (χ0) is 24.8. The number of amides is 2. The lowest BCUT2D eigenvalue weighted by molar-refractivity contribution is -0.117. The van der Waals surface area contributed by atoms with E-state index in [1.807, 2.05) is 19.1 Å². The van der Waals surface area contributed by atoms with Crippen LogP contribution in [0.15, 0.2) is 91.4 Å². The van der Waals surface area contributed by atoms with Crippen LogP contribution in [0.3, 0.4) is 0 Å². The number of benzene rings is 3. The number of aromatic nitrogens is 2. The fraction of sp³-hybridized carbons (Fsp3) is 0.111. The molecule has 6 nitrogen and oxygen atoms in total. The van der Waals surface area contributed by atoms with Crippen molar-refractivity contribution in [2.45, 2.75) is 19.4 Å². The number of carbonyl (C=O) groups is 2. The number of rotatable bonds is 7. The first kappa shape index (κ1) is 23.7. The molecule has 2 amide bonds. The Morgan fingerprint density at radius 3 is 2.09 bits per heavy atom. The highest BCUT2D eigenvalue weighted by Crippen LogP contribution is 2.31. The molecule has 0 aliphatic rings. The summed E-state index contributed by atoms with van der Waals surface area (Å²) in [6, 6.07) is 16.6. The molecule has 1 N–H and O–H groups in total. The summed E-state index contributed by atoms with van der Waals surface area (Å²) >= 11 is 0. The number of carbonyl (C=O) groups excluding carboxylic acids is 2. The number of halogens is 2. The summed E-state index contributed by atoms with van der Waals surface area (Å²) in [6.07, 6.45) is 4.94. The first-order valence-corrected chi connectivity index (χ1v) is 11.0. The van der Waals surface area contributed by atoms with Gasteiger partial charge in [-0.2, -0.15) is 0 Å². The molecule has 0 bridgehead atoms. The fourth-order valence-corrected chi connectivity index (χ4v) is 3.62. The monoisotopic (exact) mass is 472 g/mol. The van der Waals surface area contributed by atoms with Crippen molar-refractivity contribution in [3.8, 4) is 0 Å². The van der Waals surface area contributed by atoms with Crippen LogP contribution in [0.2, 0.25) is 0 Å². The van der Waals surface area contributed by atoms with Crippen LogP contribution in [-0.4, -0.2) is 21.8 Å². The highest BCUT2D eigenvalue weighted by atomic mass is 19.1. The van der Waals surface area contributed by atoms with Crippen LogP contribution in [0.4, 0.5) is 20.2 Å². The predicted molar refractivity (Wildman–Crippen MR) is 129 cm³/mol. The average molecular weight is 472 g/mol. The van der Waals surface area contributed by atoms with E-state index in [1.54, 1.807) is 12.1 Å². The summed E-state index contributed by atoms with van der Waals surface area (Å²) in [5.41, 5.74) is 2.25. The van der Waals surface area contributed by atoms with Gasteiger partial charge in [-0.05, 0) is 66.1 Å². The molecule has 0 radical (unpaired) electrons. The van der Waals surface area contributed by atoms with Gasteiger partial charge >= 0.3 is 0 Å². The maximum atomic E-state index is 13.7. The van der Waals surface area contributed by atoms with Crippen molar-refractivity contribution in [3.63, 3.8) is 0 Å². The van der Waals surface area contributed by atoms with Gasteiger partial charge < -0.3 is 5.32 Å². The largest absolute Gasteiger partial charge is 0.324 e. The van der Waals surface area contributed by atoms with Crippen molar-refractivity contribution in [2.75, 3.05) is 10.2 Å². The molecule has 8 heteroatoms. The molecule has 0 aliphatic heterocycles. The molecular weight excluding hydrogens is 450 g/mol. The maximum absolute atomic E-state index is 13.7. The molecule has 1 atom stereocenters. The Balaban J connectivity index is 1.83. The summed E-state index contributed by atoms with van der Waals surface area (Å²) in [5, 5.41) is 2.73. The molecule has 0 spiro atoms. The van der Waals surface area contributed by atoms with Gasteiger partial charge in [0, 0.05) is 23.8 Å². The lowest BCUT2D eigenvalue weighted by Gasteiger charge is -2.31. The van der Waals surface area contributed by atoms with Crippen LogP contribution < -0.4 is 10.2 Å². The van der Waals surface area contributed by atoms with E-state index >= 15 is 0 Å². The Morgan fingerprint density at radius 2 is 1.51 bits per heavy atom. The number of anilines is 2. The van der Waals surface area contributed by atoms with Crippen LogP contribution in [0.5, 0.6) is 0 Å². The molecule has 4 rings (SSSR count). The van der Waals surface area contributed by atoms with E-state index in [9.17, 15) is 18.4 Å². The smallest absolute Gasteiger partial charge is 0.279 e. The van der Waals surface area contributed by atoms with E-state index in [-0.39, 0.29) is 5.69 Å². The quantitative estimate of drug-likeness (QED) is 0.394. The molecule has 0 fully saturated rings. The van der Waals surface area contributed by atoms with Crippen LogP contribution in [0, 0.1) is 11.6 Å². The third kappa shape index (κ3) is 5.55. The summed E-state index contributed by atoms with van der Waals surface area (Å²) in [4.78, 5) is 36.7. The van der Waals surface area contributed by atoms with Crippen molar-refractivity contribution in [1.29, 1.82) is 0 Å². The number of hydrogen-bond donors (Lipinski definition) is 1. The van der Waals surface area contributed by atoms with Crippen molar-refractivity contribution >= 4 is 23.2 Å². The topological polar surface area (TPSA) is 75.2 Å². The molecule has 4 aromatic rings. The van der Waals surface area contributed by atoms with Gasteiger partial charge in [-0.15, -0.1) is 0 Å².